The maximum atomic E-state index is 5.76. The highest BCUT2D eigenvalue weighted by Crippen LogP contribution is 2.27. The Morgan fingerprint density at radius 2 is 2.00 bits per heavy atom. The molecule has 0 atom stereocenters. The highest BCUT2D eigenvalue weighted by molar-refractivity contribution is 5.84. The molecule has 0 fully saturated rings. The third-order valence-corrected chi connectivity index (χ3v) is 2.80. The zero-order chi connectivity index (χ0) is 13.9. The van der Waals surface area contributed by atoms with Crippen LogP contribution in [0.4, 0.5) is 5.82 Å². The Bertz CT molecular complexity index is 759. The first-order valence-corrected chi connectivity index (χ1v) is 6.09. The lowest BCUT2D eigenvalue weighted by molar-refractivity contribution is 0.465. The summed E-state index contributed by atoms with van der Waals surface area (Å²) in [6.07, 6.45) is 3.04. The zero-order valence-corrected chi connectivity index (χ0v) is 10.9. The van der Waals surface area contributed by atoms with Crippen LogP contribution < -0.4 is 16.0 Å². The first-order chi connectivity index (χ1) is 9.76. The first kappa shape index (κ1) is 12.3. The maximum absolute atomic E-state index is 5.76. The van der Waals surface area contributed by atoms with Crippen molar-refractivity contribution >= 4 is 16.7 Å². The second-order valence-electron chi connectivity index (χ2n) is 4.27. The molecule has 0 bridgehead atoms. The van der Waals surface area contributed by atoms with Gasteiger partial charge in [-0.1, -0.05) is 18.2 Å². The fourth-order valence-corrected chi connectivity index (χ4v) is 1.88. The van der Waals surface area contributed by atoms with Crippen LogP contribution >= 0.6 is 0 Å². The number of ether oxygens (including phenoxy) is 1. The summed E-state index contributed by atoms with van der Waals surface area (Å²) in [6, 6.07) is 9.71. The summed E-state index contributed by atoms with van der Waals surface area (Å²) >= 11 is 0. The average molecular weight is 267 g/mol. The number of rotatable bonds is 3. The van der Waals surface area contributed by atoms with Crippen molar-refractivity contribution in [3.8, 4) is 11.6 Å². The second-order valence-corrected chi connectivity index (χ2v) is 4.27. The predicted molar refractivity (Wildman–Crippen MR) is 76.4 cm³/mol. The van der Waals surface area contributed by atoms with Crippen molar-refractivity contribution in [3.05, 3.63) is 48.4 Å². The fourth-order valence-electron chi connectivity index (χ4n) is 1.88. The standard InChI is InChI=1S/C14H13N5O/c1-9-5-6-10-3-2-4-11(14(10)17-9)20-13-8-16-7-12(18-13)19-15/h2-8H,15H2,1H3,(H,18,19). The minimum atomic E-state index is 0.358. The van der Waals surface area contributed by atoms with Crippen molar-refractivity contribution in [1.82, 2.24) is 15.0 Å². The van der Waals surface area contributed by atoms with Gasteiger partial charge in [0.05, 0.1) is 12.4 Å². The topological polar surface area (TPSA) is 86.0 Å². The molecular weight excluding hydrogens is 254 g/mol. The van der Waals surface area contributed by atoms with Gasteiger partial charge in [-0.2, -0.15) is 4.98 Å². The quantitative estimate of drug-likeness (QED) is 0.560. The molecule has 6 nitrogen and oxygen atoms in total. The van der Waals surface area contributed by atoms with Gasteiger partial charge in [0.25, 0.3) is 0 Å². The minimum Gasteiger partial charge on any atom is -0.435 e. The number of aromatic nitrogens is 3. The van der Waals surface area contributed by atoms with Gasteiger partial charge < -0.3 is 10.2 Å². The van der Waals surface area contributed by atoms with Crippen LogP contribution in [-0.4, -0.2) is 15.0 Å². The van der Waals surface area contributed by atoms with E-state index >= 15 is 0 Å². The van der Waals surface area contributed by atoms with E-state index in [-0.39, 0.29) is 0 Å². The largest absolute Gasteiger partial charge is 0.435 e. The van der Waals surface area contributed by atoms with Crippen molar-refractivity contribution in [2.75, 3.05) is 5.43 Å². The van der Waals surface area contributed by atoms with Crippen LogP contribution in [0.2, 0.25) is 0 Å². The van der Waals surface area contributed by atoms with E-state index in [4.69, 9.17) is 10.6 Å². The molecule has 0 aliphatic carbocycles. The van der Waals surface area contributed by atoms with Gasteiger partial charge in [-0.3, -0.25) is 4.98 Å². The van der Waals surface area contributed by atoms with E-state index in [1.165, 1.54) is 12.4 Å². The van der Waals surface area contributed by atoms with E-state index in [2.05, 4.69) is 20.4 Å². The number of para-hydroxylation sites is 1. The van der Waals surface area contributed by atoms with E-state index in [9.17, 15) is 0 Å². The van der Waals surface area contributed by atoms with Gasteiger partial charge in [0.15, 0.2) is 11.6 Å². The van der Waals surface area contributed by atoms with Crippen molar-refractivity contribution in [3.63, 3.8) is 0 Å². The number of hydrogen-bond acceptors (Lipinski definition) is 6. The Hall–Kier alpha value is -2.73. The first-order valence-electron chi connectivity index (χ1n) is 6.09. The summed E-state index contributed by atoms with van der Waals surface area (Å²) in [5, 5.41) is 1.01. The smallest absolute Gasteiger partial charge is 0.239 e. The van der Waals surface area contributed by atoms with Crippen LogP contribution in [0.1, 0.15) is 5.69 Å². The number of aryl methyl sites for hydroxylation is 1. The monoisotopic (exact) mass is 267 g/mol. The predicted octanol–water partition coefficient (Wildman–Crippen LogP) is 2.41. The third-order valence-electron chi connectivity index (χ3n) is 2.80. The molecule has 3 N–H and O–H groups in total. The average Bonchev–Trinajstić information content (AvgIpc) is 2.48. The summed E-state index contributed by atoms with van der Waals surface area (Å²) in [4.78, 5) is 12.7. The highest BCUT2D eigenvalue weighted by Gasteiger charge is 2.07. The summed E-state index contributed by atoms with van der Waals surface area (Å²) < 4.78 is 5.76. The number of hydrazine groups is 1. The van der Waals surface area contributed by atoms with Gasteiger partial charge in [0, 0.05) is 11.1 Å². The number of hydrogen-bond donors (Lipinski definition) is 2. The highest BCUT2D eigenvalue weighted by atomic mass is 16.5. The maximum Gasteiger partial charge on any atom is 0.239 e. The molecule has 0 amide bonds. The lowest BCUT2D eigenvalue weighted by Crippen LogP contribution is -2.09. The summed E-state index contributed by atoms with van der Waals surface area (Å²) in [6.45, 7) is 1.94. The van der Waals surface area contributed by atoms with Gasteiger partial charge in [0.1, 0.15) is 5.52 Å². The molecule has 0 aliphatic rings. The number of nitrogens with one attached hydrogen (secondary N) is 1. The van der Waals surface area contributed by atoms with E-state index < -0.39 is 0 Å². The second kappa shape index (κ2) is 5.10. The molecule has 1 aromatic carbocycles. The number of anilines is 1. The van der Waals surface area contributed by atoms with Crippen LogP contribution in [-0.2, 0) is 0 Å². The van der Waals surface area contributed by atoms with Gasteiger partial charge in [0.2, 0.25) is 5.88 Å². The molecule has 3 aromatic rings. The molecule has 100 valence electrons. The number of nitrogens with two attached hydrogens (primary N) is 1. The molecule has 0 spiro atoms. The molecule has 0 saturated carbocycles. The van der Waals surface area contributed by atoms with E-state index in [0.717, 1.165) is 16.6 Å². The molecular formula is C14H13N5O. The van der Waals surface area contributed by atoms with Crippen molar-refractivity contribution in [1.29, 1.82) is 0 Å². The summed E-state index contributed by atoms with van der Waals surface area (Å²) in [7, 11) is 0. The molecule has 3 rings (SSSR count). The summed E-state index contributed by atoms with van der Waals surface area (Å²) in [5.41, 5.74) is 4.15. The van der Waals surface area contributed by atoms with E-state index in [0.29, 0.717) is 17.4 Å². The van der Waals surface area contributed by atoms with Gasteiger partial charge >= 0.3 is 0 Å². The lowest BCUT2D eigenvalue weighted by Gasteiger charge is -2.08. The van der Waals surface area contributed by atoms with Gasteiger partial charge in [-0.05, 0) is 19.1 Å². The molecule has 2 aromatic heterocycles. The van der Waals surface area contributed by atoms with Crippen LogP contribution in [0.3, 0.4) is 0 Å². The molecule has 6 heteroatoms. The molecule has 0 radical (unpaired) electrons. The summed E-state index contributed by atoms with van der Waals surface area (Å²) in [5.74, 6) is 6.73. The van der Waals surface area contributed by atoms with E-state index in [1.807, 2.05) is 37.3 Å². The number of benzene rings is 1. The Morgan fingerprint density at radius 3 is 2.85 bits per heavy atom. The SMILES string of the molecule is Cc1ccc2cccc(Oc3cncc(NN)n3)c2n1. The van der Waals surface area contributed by atoms with Crippen LogP contribution in [0.5, 0.6) is 11.6 Å². The number of fused-ring (bicyclic) bond motifs is 1. The van der Waals surface area contributed by atoms with Crippen LogP contribution in [0.25, 0.3) is 10.9 Å². The Morgan fingerprint density at radius 1 is 1.10 bits per heavy atom. The molecule has 0 saturated heterocycles. The number of pyridine rings is 1. The Kier molecular flexibility index (Phi) is 3.14. The van der Waals surface area contributed by atoms with Crippen LogP contribution in [0.15, 0.2) is 42.7 Å². The van der Waals surface area contributed by atoms with Crippen molar-refractivity contribution in [2.45, 2.75) is 6.92 Å². The molecule has 0 aliphatic heterocycles. The normalized spacial score (nSPS) is 10.5. The molecule has 20 heavy (non-hydrogen) atoms. The van der Waals surface area contributed by atoms with Gasteiger partial charge in [-0.25, -0.2) is 10.8 Å². The Balaban J connectivity index is 2.03. The van der Waals surface area contributed by atoms with Crippen LogP contribution in [0, 0.1) is 6.92 Å². The zero-order valence-electron chi connectivity index (χ0n) is 10.9. The number of nitrogens with zero attached hydrogens (tertiary/aromatic N) is 3. The minimum absolute atomic E-state index is 0.358. The van der Waals surface area contributed by atoms with E-state index in [1.54, 1.807) is 0 Å². The Labute approximate surface area is 115 Å². The molecule has 2 heterocycles. The van der Waals surface area contributed by atoms with Crippen molar-refractivity contribution in [2.24, 2.45) is 5.84 Å². The number of nitrogen functional groups attached to an aromatic ring is 1. The third kappa shape index (κ3) is 2.36. The molecule has 0 unspecified atom stereocenters. The van der Waals surface area contributed by atoms with Crippen molar-refractivity contribution < 1.29 is 4.74 Å². The van der Waals surface area contributed by atoms with Gasteiger partial charge in [-0.15, -0.1) is 0 Å². The lowest BCUT2D eigenvalue weighted by atomic mass is 10.2. The fraction of sp³-hybridized carbons (Fsp3) is 0.0714.